The Balaban J connectivity index is 1.50. The fourth-order valence-electron chi connectivity index (χ4n) is 4.19. The molecule has 0 bridgehead atoms. The molecule has 33 heavy (non-hydrogen) atoms. The van der Waals surface area contributed by atoms with E-state index in [-0.39, 0.29) is 30.5 Å². The Morgan fingerprint density at radius 1 is 1.15 bits per heavy atom. The van der Waals surface area contributed by atoms with Crippen LogP contribution < -0.4 is 20.9 Å². The van der Waals surface area contributed by atoms with Crippen LogP contribution in [0.15, 0.2) is 52.1 Å². The number of anilines is 2. The summed E-state index contributed by atoms with van der Waals surface area (Å²) in [7, 11) is -3.43. The van der Waals surface area contributed by atoms with Crippen molar-refractivity contribution in [2.45, 2.75) is 33.2 Å². The molecule has 1 aliphatic heterocycles. The maximum Gasteiger partial charge on any atom is 0.328 e. The average Bonchev–Trinajstić information content (AvgIpc) is 3.15. The van der Waals surface area contributed by atoms with Crippen molar-refractivity contribution in [1.82, 2.24) is 9.55 Å². The minimum absolute atomic E-state index is 0.0112. The summed E-state index contributed by atoms with van der Waals surface area (Å²) in [6, 6.07) is 11.9. The number of nitrogens with one attached hydrogen (secondary N) is 2. The van der Waals surface area contributed by atoms with Gasteiger partial charge in [-0.2, -0.15) is 0 Å². The average molecular weight is 471 g/mol. The van der Waals surface area contributed by atoms with Crippen LogP contribution in [0.1, 0.15) is 25.8 Å². The van der Waals surface area contributed by atoms with Crippen LogP contribution in [-0.4, -0.2) is 36.2 Å². The Morgan fingerprint density at radius 3 is 2.67 bits per heavy atom. The third-order valence-corrected chi connectivity index (χ3v) is 7.21. The molecule has 3 aromatic rings. The highest BCUT2D eigenvalue weighted by molar-refractivity contribution is 7.92. The number of amides is 1. The number of hydrogen-bond acceptors (Lipinski definition) is 5. The molecule has 2 aromatic carbocycles. The lowest BCUT2D eigenvalue weighted by Gasteiger charge is -2.18. The number of H-pyrrole nitrogens is 1. The summed E-state index contributed by atoms with van der Waals surface area (Å²) in [5.74, 6) is -0.103. The van der Waals surface area contributed by atoms with Crippen molar-refractivity contribution >= 4 is 38.2 Å². The molecular formula is C23H26N4O5S. The minimum atomic E-state index is -3.43. The van der Waals surface area contributed by atoms with E-state index in [0.29, 0.717) is 29.6 Å². The van der Waals surface area contributed by atoms with Crippen molar-refractivity contribution in [2.75, 3.05) is 21.9 Å². The molecule has 0 aliphatic carbocycles. The van der Waals surface area contributed by atoms with Gasteiger partial charge < -0.3 is 4.90 Å². The number of carbonyl (C=O) groups is 1. The van der Waals surface area contributed by atoms with Crippen LogP contribution in [0.5, 0.6) is 0 Å². The van der Waals surface area contributed by atoms with E-state index >= 15 is 0 Å². The molecule has 2 heterocycles. The van der Waals surface area contributed by atoms with Crippen molar-refractivity contribution in [2.24, 2.45) is 5.92 Å². The largest absolute Gasteiger partial charge is 0.328 e. The number of rotatable bonds is 7. The van der Waals surface area contributed by atoms with Gasteiger partial charge in [-0.25, -0.2) is 13.2 Å². The van der Waals surface area contributed by atoms with E-state index in [2.05, 4.69) is 9.71 Å². The van der Waals surface area contributed by atoms with Crippen molar-refractivity contribution in [3.63, 3.8) is 0 Å². The highest BCUT2D eigenvalue weighted by Gasteiger charge is 2.25. The van der Waals surface area contributed by atoms with E-state index < -0.39 is 21.3 Å². The molecule has 0 saturated carbocycles. The molecule has 0 atom stereocenters. The van der Waals surface area contributed by atoms with Crippen LogP contribution in [0.4, 0.5) is 11.4 Å². The van der Waals surface area contributed by atoms with Gasteiger partial charge in [0.25, 0.3) is 5.56 Å². The van der Waals surface area contributed by atoms with Gasteiger partial charge in [-0.05, 0) is 48.2 Å². The lowest BCUT2D eigenvalue weighted by molar-refractivity contribution is -0.118. The lowest BCUT2D eigenvalue weighted by Crippen LogP contribution is -2.34. The van der Waals surface area contributed by atoms with Gasteiger partial charge in [0.15, 0.2) is 0 Å². The van der Waals surface area contributed by atoms with Gasteiger partial charge in [-0.1, -0.05) is 26.0 Å². The normalized spacial score (nSPS) is 13.5. The Labute approximate surface area is 191 Å². The van der Waals surface area contributed by atoms with E-state index in [1.807, 2.05) is 13.8 Å². The Hall–Kier alpha value is -3.40. The SMILES string of the molecule is CC(C)CS(=O)(=O)Nc1ccc2c(c1)CCN2C(=O)CCn1c(=O)[nH]c(=O)c2ccccc21. The maximum absolute atomic E-state index is 13.0. The predicted molar refractivity (Wildman–Crippen MR) is 128 cm³/mol. The van der Waals surface area contributed by atoms with Gasteiger partial charge in [0.05, 0.1) is 16.7 Å². The van der Waals surface area contributed by atoms with Crippen LogP contribution in [0.2, 0.25) is 0 Å². The topological polar surface area (TPSA) is 121 Å². The first-order valence-electron chi connectivity index (χ1n) is 10.8. The van der Waals surface area contributed by atoms with Crippen molar-refractivity contribution < 1.29 is 13.2 Å². The number of sulfonamides is 1. The molecule has 0 radical (unpaired) electrons. The second-order valence-electron chi connectivity index (χ2n) is 8.59. The maximum atomic E-state index is 13.0. The van der Waals surface area contributed by atoms with E-state index in [4.69, 9.17) is 0 Å². The summed E-state index contributed by atoms with van der Waals surface area (Å²) in [5.41, 5.74) is 1.59. The van der Waals surface area contributed by atoms with Crippen LogP contribution in [0, 0.1) is 5.92 Å². The first-order valence-corrected chi connectivity index (χ1v) is 12.5. The molecule has 4 rings (SSSR count). The standard InChI is InChI=1S/C23H26N4O5S/c1-15(2)14-33(31,32)25-17-7-8-19-16(13-17)9-11-26(19)21(28)10-12-27-20-6-4-3-5-18(20)22(29)24-23(27)30/h3-8,13,15,25H,9-12,14H2,1-2H3,(H,24,29,30). The number of fused-ring (bicyclic) bond motifs is 2. The molecule has 1 aromatic heterocycles. The smallest absolute Gasteiger partial charge is 0.312 e. The summed E-state index contributed by atoms with van der Waals surface area (Å²) in [6.07, 6.45) is 0.695. The van der Waals surface area contributed by atoms with Crippen LogP contribution in [-0.2, 0) is 27.8 Å². The number of carbonyl (C=O) groups excluding carboxylic acids is 1. The second-order valence-corrected chi connectivity index (χ2v) is 10.4. The van der Waals surface area contributed by atoms with Gasteiger partial charge >= 0.3 is 5.69 Å². The Morgan fingerprint density at radius 2 is 1.91 bits per heavy atom. The predicted octanol–water partition coefficient (Wildman–Crippen LogP) is 2.07. The van der Waals surface area contributed by atoms with Crippen LogP contribution >= 0.6 is 0 Å². The molecule has 1 aliphatic rings. The third-order valence-electron chi connectivity index (χ3n) is 5.56. The van der Waals surface area contributed by atoms with Gasteiger partial charge in [0, 0.05) is 30.9 Å². The summed E-state index contributed by atoms with van der Waals surface area (Å²) in [4.78, 5) is 41.3. The van der Waals surface area contributed by atoms with E-state index in [9.17, 15) is 22.8 Å². The first kappa shape index (κ1) is 22.8. The number of para-hydroxylation sites is 1. The molecule has 0 saturated heterocycles. The molecule has 0 fully saturated rings. The zero-order valence-corrected chi connectivity index (χ0v) is 19.3. The van der Waals surface area contributed by atoms with Crippen molar-refractivity contribution in [1.29, 1.82) is 0 Å². The fourth-order valence-corrected chi connectivity index (χ4v) is 5.64. The molecule has 0 spiro atoms. The van der Waals surface area contributed by atoms with Gasteiger partial charge in [0.2, 0.25) is 15.9 Å². The van der Waals surface area contributed by atoms with Crippen molar-refractivity contribution in [3.8, 4) is 0 Å². The molecule has 9 nitrogen and oxygen atoms in total. The summed E-state index contributed by atoms with van der Waals surface area (Å²) in [5, 5.41) is 0.392. The minimum Gasteiger partial charge on any atom is -0.312 e. The van der Waals surface area contributed by atoms with Gasteiger partial charge in [0.1, 0.15) is 0 Å². The second kappa shape index (κ2) is 8.86. The highest BCUT2D eigenvalue weighted by Crippen LogP contribution is 2.31. The summed E-state index contributed by atoms with van der Waals surface area (Å²) in [6.45, 7) is 4.30. The number of aromatic nitrogens is 2. The van der Waals surface area contributed by atoms with Crippen LogP contribution in [0.3, 0.4) is 0 Å². The molecular weight excluding hydrogens is 444 g/mol. The zero-order valence-electron chi connectivity index (χ0n) is 18.5. The van der Waals surface area contributed by atoms with E-state index in [0.717, 1.165) is 11.3 Å². The van der Waals surface area contributed by atoms with Crippen LogP contribution in [0.25, 0.3) is 10.9 Å². The van der Waals surface area contributed by atoms with Crippen molar-refractivity contribution in [3.05, 3.63) is 68.9 Å². The highest BCUT2D eigenvalue weighted by atomic mass is 32.2. The lowest BCUT2D eigenvalue weighted by atomic mass is 10.1. The molecule has 2 N–H and O–H groups in total. The first-order chi connectivity index (χ1) is 15.6. The van der Waals surface area contributed by atoms with Gasteiger partial charge in [-0.3, -0.25) is 23.9 Å². The number of aromatic amines is 1. The fraction of sp³-hybridized carbons (Fsp3) is 0.348. The molecule has 0 unspecified atom stereocenters. The Bertz CT molecular complexity index is 1440. The van der Waals surface area contributed by atoms with Gasteiger partial charge in [-0.15, -0.1) is 0 Å². The monoisotopic (exact) mass is 470 g/mol. The molecule has 10 heteroatoms. The Kier molecular flexibility index (Phi) is 6.11. The number of aryl methyl sites for hydroxylation is 1. The van der Waals surface area contributed by atoms with E-state index in [1.165, 1.54) is 4.57 Å². The zero-order chi connectivity index (χ0) is 23.8. The quantitative estimate of drug-likeness (QED) is 0.548. The number of benzene rings is 2. The third kappa shape index (κ3) is 4.85. The summed E-state index contributed by atoms with van der Waals surface area (Å²) >= 11 is 0. The van der Waals surface area contributed by atoms with E-state index in [1.54, 1.807) is 47.4 Å². The molecule has 174 valence electrons. The number of nitrogens with zero attached hydrogens (tertiary/aromatic N) is 2. The molecule has 1 amide bonds. The number of hydrogen-bond donors (Lipinski definition) is 2. The summed E-state index contributed by atoms with van der Waals surface area (Å²) < 4.78 is 28.4.